The fraction of sp³-hybridized carbons (Fsp3) is 0.462. The molecule has 0 aliphatic carbocycles. The molecule has 2 rings (SSSR count). The number of hydrogen-bond donors (Lipinski definition) is 1. The average Bonchev–Trinajstić information content (AvgIpc) is 2.37. The minimum atomic E-state index is -3.52. The number of fused-ring (bicyclic) bond motifs is 1. The third-order valence-electron chi connectivity index (χ3n) is 3.16. The number of carbonyl (C=O) groups is 1. The summed E-state index contributed by atoms with van der Waals surface area (Å²) in [6.45, 7) is 0.0939. The van der Waals surface area contributed by atoms with Crippen molar-refractivity contribution >= 4 is 21.4 Å². The number of aryl methyl sites for hydroxylation is 1. The largest absolute Gasteiger partial charge is 0.395 e. The van der Waals surface area contributed by atoms with Crippen LogP contribution in [0.1, 0.15) is 12.0 Å². The predicted octanol–water partition coefficient (Wildman–Crippen LogP) is 0.373. The number of hydrogen-bond acceptors (Lipinski definition) is 4. The van der Waals surface area contributed by atoms with E-state index in [2.05, 4.69) is 0 Å². The number of sulfone groups is 1. The zero-order valence-electron chi connectivity index (χ0n) is 10.6. The number of nitrogens with zero attached hydrogens (tertiary/aromatic N) is 1. The molecule has 0 bridgehead atoms. The smallest absolute Gasteiger partial charge is 0.242 e. The highest BCUT2D eigenvalue weighted by Crippen LogP contribution is 2.26. The van der Waals surface area contributed by atoms with E-state index in [4.69, 9.17) is 5.11 Å². The van der Waals surface area contributed by atoms with Gasteiger partial charge < -0.3 is 10.0 Å². The maximum absolute atomic E-state index is 12.1. The van der Waals surface area contributed by atoms with Crippen molar-refractivity contribution in [3.63, 3.8) is 0 Å². The van der Waals surface area contributed by atoms with E-state index in [1.807, 2.05) is 24.3 Å². The van der Waals surface area contributed by atoms with Gasteiger partial charge >= 0.3 is 0 Å². The Balaban J connectivity index is 2.18. The van der Waals surface area contributed by atoms with Crippen molar-refractivity contribution in [1.82, 2.24) is 0 Å². The monoisotopic (exact) mass is 283 g/mol. The second kappa shape index (κ2) is 5.71. The first-order chi connectivity index (χ1) is 9.03. The van der Waals surface area contributed by atoms with Crippen LogP contribution in [-0.4, -0.2) is 44.1 Å². The number of aliphatic hydroxyl groups is 1. The molecular formula is C13H17NO4S. The van der Waals surface area contributed by atoms with E-state index in [1.165, 1.54) is 4.90 Å². The van der Waals surface area contributed by atoms with E-state index in [9.17, 15) is 13.2 Å². The van der Waals surface area contributed by atoms with Gasteiger partial charge in [-0.25, -0.2) is 8.42 Å². The van der Waals surface area contributed by atoms with E-state index in [0.717, 1.165) is 24.1 Å². The van der Waals surface area contributed by atoms with Crippen molar-refractivity contribution in [3.8, 4) is 0 Å². The molecule has 6 heteroatoms. The van der Waals surface area contributed by atoms with Crippen LogP contribution < -0.4 is 4.90 Å². The van der Waals surface area contributed by atoms with Crippen molar-refractivity contribution in [3.05, 3.63) is 29.8 Å². The summed E-state index contributed by atoms with van der Waals surface area (Å²) in [5, 5.41) is 8.68. The zero-order chi connectivity index (χ0) is 13.9. The van der Waals surface area contributed by atoms with Crippen molar-refractivity contribution in [2.75, 3.05) is 29.6 Å². The molecule has 1 aromatic rings. The molecule has 0 fully saturated rings. The van der Waals surface area contributed by atoms with E-state index >= 15 is 0 Å². The predicted molar refractivity (Wildman–Crippen MR) is 72.9 cm³/mol. The Morgan fingerprint density at radius 1 is 1.32 bits per heavy atom. The lowest BCUT2D eigenvalue weighted by atomic mass is 10.0. The topological polar surface area (TPSA) is 74.7 Å². The number of amides is 1. The van der Waals surface area contributed by atoms with Gasteiger partial charge in [0.1, 0.15) is 5.75 Å². The first-order valence-corrected chi connectivity index (χ1v) is 8.05. The van der Waals surface area contributed by atoms with Crippen LogP contribution in [0.3, 0.4) is 0 Å². The van der Waals surface area contributed by atoms with Crippen LogP contribution in [0.15, 0.2) is 24.3 Å². The second-order valence-electron chi connectivity index (χ2n) is 4.59. The number of aliphatic hydroxyl groups excluding tert-OH is 1. The van der Waals surface area contributed by atoms with Gasteiger partial charge in [0.25, 0.3) is 0 Å². The standard InChI is InChI=1S/C13H17NO4S/c15-8-9-19(17,18)10-13(16)14-7-3-5-11-4-1-2-6-12(11)14/h1-2,4,6,15H,3,5,7-10H2. The minimum Gasteiger partial charge on any atom is -0.395 e. The molecule has 0 unspecified atom stereocenters. The lowest BCUT2D eigenvalue weighted by Gasteiger charge is -2.29. The zero-order valence-corrected chi connectivity index (χ0v) is 11.4. The summed E-state index contributed by atoms with van der Waals surface area (Å²) in [5.74, 6) is -1.32. The lowest BCUT2D eigenvalue weighted by molar-refractivity contribution is -0.116. The molecule has 0 saturated carbocycles. The highest BCUT2D eigenvalue weighted by Gasteiger charge is 2.25. The molecule has 0 saturated heterocycles. The van der Waals surface area contributed by atoms with Gasteiger partial charge in [-0.3, -0.25) is 4.79 Å². The van der Waals surface area contributed by atoms with Crippen LogP contribution in [0, 0.1) is 0 Å². The quantitative estimate of drug-likeness (QED) is 0.866. The second-order valence-corrected chi connectivity index (χ2v) is 6.78. The third kappa shape index (κ3) is 3.33. The number of rotatable bonds is 4. The number of anilines is 1. The van der Waals surface area contributed by atoms with Gasteiger partial charge in [0.2, 0.25) is 5.91 Å². The summed E-state index contributed by atoms with van der Waals surface area (Å²) in [6, 6.07) is 7.55. The third-order valence-corrected chi connectivity index (χ3v) is 4.65. The van der Waals surface area contributed by atoms with Gasteiger partial charge in [0, 0.05) is 12.2 Å². The molecule has 1 amide bonds. The van der Waals surface area contributed by atoms with Gasteiger partial charge in [-0.15, -0.1) is 0 Å². The number of para-hydroxylation sites is 1. The molecular weight excluding hydrogens is 266 g/mol. The van der Waals surface area contributed by atoms with E-state index < -0.39 is 28.1 Å². The fourth-order valence-corrected chi connectivity index (χ4v) is 3.22. The summed E-state index contributed by atoms with van der Waals surface area (Å²) in [7, 11) is -3.52. The minimum absolute atomic E-state index is 0.367. The van der Waals surface area contributed by atoms with Gasteiger partial charge in [0.15, 0.2) is 9.84 Å². The Morgan fingerprint density at radius 3 is 2.79 bits per heavy atom. The van der Waals surface area contributed by atoms with Crippen LogP contribution in [-0.2, 0) is 21.1 Å². The van der Waals surface area contributed by atoms with Gasteiger partial charge in [-0.2, -0.15) is 0 Å². The van der Waals surface area contributed by atoms with Crippen molar-refractivity contribution < 1.29 is 18.3 Å². The molecule has 1 heterocycles. The number of benzene rings is 1. The van der Waals surface area contributed by atoms with Gasteiger partial charge in [-0.1, -0.05) is 18.2 Å². The summed E-state index contributed by atoms with van der Waals surface area (Å²) < 4.78 is 23.2. The maximum atomic E-state index is 12.1. The Bertz CT molecular complexity index is 568. The SMILES string of the molecule is O=C(CS(=O)(=O)CCO)N1CCCc2ccccc21. The molecule has 104 valence electrons. The fourth-order valence-electron chi connectivity index (χ4n) is 2.27. The first-order valence-electron chi connectivity index (χ1n) is 6.23. The highest BCUT2D eigenvalue weighted by molar-refractivity contribution is 7.92. The van der Waals surface area contributed by atoms with E-state index in [1.54, 1.807) is 0 Å². The van der Waals surface area contributed by atoms with Crippen LogP contribution >= 0.6 is 0 Å². The molecule has 1 aliphatic rings. The Hall–Kier alpha value is -1.40. The highest BCUT2D eigenvalue weighted by atomic mass is 32.2. The van der Waals surface area contributed by atoms with Crippen molar-refractivity contribution in [2.24, 2.45) is 0 Å². The van der Waals surface area contributed by atoms with Crippen molar-refractivity contribution in [1.29, 1.82) is 0 Å². The first kappa shape index (κ1) is 14.0. The van der Waals surface area contributed by atoms with Crippen LogP contribution in [0.5, 0.6) is 0 Å². The van der Waals surface area contributed by atoms with Gasteiger partial charge in [0.05, 0.1) is 12.4 Å². The molecule has 19 heavy (non-hydrogen) atoms. The molecule has 1 aliphatic heterocycles. The molecule has 1 N–H and O–H groups in total. The van der Waals surface area contributed by atoms with Crippen molar-refractivity contribution in [2.45, 2.75) is 12.8 Å². The molecule has 0 atom stereocenters. The molecule has 0 radical (unpaired) electrons. The summed E-state index contributed by atoms with van der Waals surface area (Å²) in [5.41, 5.74) is 1.87. The van der Waals surface area contributed by atoms with Crippen LogP contribution in [0.25, 0.3) is 0 Å². The maximum Gasteiger partial charge on any atom is 0.242 e. The molecule has 5 nitrogen and oxygen atoms in total. The summed E-state index contributed by atoms with van der Waals surface area (Å²) in [4.78, 5) is 13.7. The van der Waals surface area contributed by atoms with Gasteiger partial charge in [-0.05, 0) is 24.5 Å². The molecule has 0 aromatic heterocycles. The van der Waals surface area contributed by atoms with E-state index in [-0.39, 0.29) is 5.75 Å². The Labute approximate surface area is 112 Å². The summed E-state index contributed by atoms with van der Waals surface area (Å²) >= 11 is 0. The average molecular weight is 283 g/mol. The molecule has 1 aromatic carbocycles. The lowest BCUT2D eigenvalue weighted by Crippen LogP contribution is -2.39. The van der Waals surface area contributed by atoms with E-state index in [0.29, 0.717) is 6.54 Å². The van der Waals surface area contributed by atoms with Crippen LogP contribution in [0.4, 0.5) is 5.69 Å². The van der Waals surface area contributed by atoms with Crippen LogP contribution in [0.2, 0.25) is 0 Å². The number of carbonyl (C=O) groups excluding carboxylic acids is 1. The Morgan fingerprint density at radius 2 is 2.05 bits per heavy atom. The Kier molecular flexibility index (Phi) is 4.21. The summed E-state index contributed by atoms with van der Waals surface area (Å²) in [6.07, 6.45) is 1.74. The molecule has 0 spiro atoms. The normalized spacial score (nSPS) is 15.1.